The fourth-order valence-corrected chi connectivity index (χ4v) is 3.62. The summed E-state index contributed by atoms with van der Waals surface area (Å²) in [6.07, 6.45) is 0. The highest BCUT2D eigenvalue weighted by molar-refractivity contribution is 7.99. The predicted molar refractivity (Wildman–Crippen MR) is 114 cm³/mol. The molecule has 3 aromatic rings. The Morgan fingerprint density at radius 3 is 2.40 bits per heavy atom. The van der Waals surface area contributed by atoms with Crippen molar-refractivity contribution in [1.82, 2.24) is 14.9 Å². The topological polar surface area (TPSA) is 116 Å². The Hall–Kier alpha value is -3.59. The van der Waals surface area contributed by atoms with E-state index in [0.29, 0.717) is 11.3 Å². The van der Waals surface area contributed by atoms with E-state index in [2.05, 4.69) is 10.3 Å². The molecule has 0 fully saturated rings. The highest BCUT2D eigenvalue weighted by Crippen LogP contribution is 2.22. The first kappa shape index (κ1) is 21.1. The average Bonchev–Trinajstić information content (AvgIpc) is 2.76. The number of nitrogens with two attached hydrogens (primary N) is 1. The number of amides is 1. The summed E-state index contributed by atoms with van der Waals surface area (Å²) in [5.74, 6) is -0.873. The largest absolute Gasteiger partial charge is 0.467 e. The van der Waals surface area contributed by atoms with E-state index in [9.17, 15) is 14.4 Å². The van der Waals surface area contributed by atoms with Crippen molar-refractivity contribution in [3.8, 4) is 5.69 Å². The van der Waals surface area contributed by atoms with Crippen LogP contribution in [-0.2, 0) is 14.3 Å². The number of esters is 1. The number of nitrogens with zero attached hydrogens (tertiary/aromatic N) is 2. The van der Waals surface area contributed by atoms with Gasteiger partial charge in [0, 0.05) is 11.8 Å². The van der Waals surface area contributed by atoms with Crippen LogP contribution in [0.1, 0.15) is 11.6 Å². The number of thioether (sulfide) groups is 1. The van der Waals surface area contributed by atoms with Gasteiger partial charge in [-0.3, -0.25) is 14.2 Å². The minimum atomic E-state index is -0.936. The zero-order valence-corrected chi connectivity index (χ0v) is 17.0. The van der Waals surface area contributed by atoms with Crippen molar-refractivity contribution in [2.75, 3.05) is 18.6 Å². The molecular formula is C21H20N4O4S. The Labute approximate surface area is 177 Å². The van der Waals surface area contributed by atoms with Gasteiger partial charge in [0.25, 0.3) is 5.56 Å². The number of anilines is 1. The number of benzene rings is 2. The van der Waals surface area contributed by atoms with Gasteiger partial charge in [-0.1, -0.05) is 60.3 Å². The summed E-state index contributed by atoms with van der Waals surface area (Å²) in [6, 6.07) is 18.2. The van der Waals surface area contributed by atoms with Crippen molar-refractivity contribution >= 4 is 29.5 Å². The van der Waals surface area contributed by atoms with Gasteiger partial charge in [0.1, 0.15) is 5.82 Å². The maximum Gasteiger partial charge on any atom is 0.333 e. The van der Waals surface area contributed by atoms with Gasteiger partial charge in [-0.25, -0.2) is 4.79 Å². The number of nitrogens with one attached hydrogen (secondary N) is 1. The van der Waals surface area contributed by atoms with E-state index in [-0.39, 0.29) is 16.7 Å². The number of carbonyl (C=O) groups excluding carboxylic acids is 2. The number of nitrogen functional groups attached to an aromatic ring is 1. The number of methoxy groups -OCH3 is 1. The van der Waals surface area contributed by atoms with Gasteiger partial charge in [-0.15, -0.1) is 0 Å². The standard InChI is InChI=1S/C21H20N4O4S/c1-29-20(28)19(14-8-4-2-5-9-14)23-18(27)13-30-21-24-17(26)12-16(22)25(21)15-10-6-3-7-11-15/h2-12,19H,13,22H2,1H3,(H,23,27). The van der Waals surface area contributed by atoms with Crippen molar-refractivity contribution in [3.05, 3.63) is 82.6 Å². The van der Waals surface area contributed by atoms with Crippen molar-refractivity contribution in [2.45, 2.75) is 11.2 Å². The second-order valence-corrected chi connectivity index (χ2v) is 7.14. The zero-order chi connectivity index (χ0) is 21.5. The van der Waals surface area contributed by atoms with E-state index >= 15 is 0 Å². The lowest BCUT2D eigenvalue weighted by atomic mass is 10.1. The van der Waals surface area contributed by atoms with Crippen LogP contribution in [0, 0.1) is 0 Å². The monoisotopic (exact) mass is 424 g/mol. The molecule has 0 saturated carbocycles. The molecule has 0 radical (unpaired) electrons. The summed E-state index contributed by atoms with van der Waals surface area (Å²) >= 11 is 1.04. The molecule has 30 heavy (non-hydrogen) atoms. The summed E-state index contributed by atoms with van der Waals surface area (Å²) < 4.78 is 6.40. The van der Waals surface area contributed by atoms with Crippen LogP contribution >= 0.6 is 11.8 Å². The number of ether oxygens (including phenoxy) is 1. The smallest absolute Gasteiger partial charge is 0.333 e. The summed E-state index contributed by atoms with van der Waals surface area (Å²) in [7, 11) is 1.26. The van der Waals surface area contributed by atoms with E-state index in [1.54, 1.807) is 28.8 Å². The Morgan fingerprint density at radius 1 is 1.13 bits per heavy atom. The van der Waals surface area contributed by atoms with Crippen LogP contribution < -0.4 is 16.6 Å². The second-order valence-electron chi connectivity index (χ2n) is 6.20. The summed E-state index contributed by atoms with van der Waals surface area (Å²) in [6.45, 7) is 0. The van der Waals surface area contributed by atoms with Crippen molar-refractivity contribution in [3.63, 3.8) is 0 Å². The lowest BCUT2D eigenvalue weighted by Crippen LogP contribution is -2.35. The molecule has 0 aliphatic rings. The fourth-order valence-electron chi connectivity index (χ4n) is 2.79. The van der Waals surface area contributed by atoms with Gasteiger partial charge in [0.15, 0.2) is 11.2 Å². The SMILES string of the molecule is COC(=O)C(NC(=O)CSc1nc(=O)cc(N)n1-c1ccccc1)c1ccccc1. The van der Waals surface area contributed by atoms with Crippen LogP contribution in [-0.4, -0.2) is 34.3 Å². The molecule has 0 aliphatic carbocycles. The van der Waals surface area contributed by atoms with Crippen molar-refractivity contribution < 1.29 is 14.3 Å². The Morgan fingerprint density at radius 2 is 1.77 bits per heavy atom. The predicted octanol–water partition coefficient (Wildman–Crippen LogP) is 1.94. The molecule has 2 aromatic carbocycles. The lowest BCUT2D eigenvalue weighted by molar-refractivity contribution is -0.145. The number of para-hydroxylation sites is 1. The van der Waals surface area contributed by atoms with E-state index in [0.717, 1.165) is 11.8 Å². The minimum absolute atomic E-state index is 0.0803. The molecule has 154 valence electrons. The Bertz CT molecular complexity index is 1090. The fraction of sp³-hybridized carbons (Fsp3) is 0.143. The van der Waals surface area contributed by atoms with E-state index < -0.39 is 23.5 Å². The molecule has 0 saturated heterocycles. The van der Waals surface area contributed by atoms with Gasteiger partial charge < -0.3 is 15.8 Å². The van der Waals surface area contributed by atoms with E-state index in [4.69, 9.17) is 10.5 Å². The first-order valence-corrected chi connectivity index (χ1v) is 9.98. The van der Waals surface area contributed by atoms with Crippen LogP contribution in [0.2, 0.25) is 0 Å². The number of carbonyl (C=O) groups is 2. The average molecular weight is 424 g/mol. The maximum atomic E-state index is 12.6. The molecule has 3 rings (SSSR count). The first-order valence-electron chi connectivity index (χ1n) is 8.99. The van der Waals surface area contributed by atoms with E-state index in [1.165, 1.54) is 13.2 Å². The lowest BCUT2D eigenvalue weighted by Gasteiger charge is -2.17. The third-order valence-corrected chi connectivity index (χ3v) is 5.09. The normalized spacial score (nSPS) is 11.5. The molecule has 1 unspecified atom stereocenters. The number of rotatable bonds is 7. The highest BCUT2D eigenvalue weighted by Gasteiger charge is 2.23. The molecule has 1 atom stereocenters. The van der Waals surface area contributed by atoms with Gasteiger partial charge >= 0.3 is 5.97 Å². The van der Waals surface area contributed by atoms with Gasteiger partial charge in [-0.05, 0) is 17.7 Å². The third kappa shape index (κ3) is 5.06. The molecule has 0 aliphatic heterocycles. The van der Waals surface area contributed by atoms with Gasteiger partial charge in [0.05, 0.1) is 12.9 Å². The van der Waals surface area contributed by atoms with Crippen molar-refractivity contribution in [2.24, 2.45) is 0 Å². The zero-order valence-electron chi connectivity index (χ0n) is 16.1. The third-order valence-electron chi connectivity index (χ3n) is 4.15. The Kier molecular flexibility index (Phi) is 6.87. The van der Waals surface area contributed by atoms with Crippen LogP contribution in [0.5, 0.6) is 0 Å². The van der Waals surface area contributed by atoms with E-state index in [1.807, 2.05) is 36.4 Å². The molecule has 8 nitrogen and oxygen atoms in total. The maximum absolute atomic E-state index is 12.6. The minimum Gasteiger partial charge on any atom is -0.467 e. The second kappa shape index (κ2) is 9.75. The number of aromatic nitrogens is 2. The van der Waals surface area contributed by atoms with Gasteiger partial charge in [0.2, 0.25) is 5.91 Å². The molecule has 9 heteroatoms. The molecule has 1 aromatic heterocycles. The summed E-state index contributed by atoms with van der Waals surface area (Å²) in [5.41, 5.74) is 6.84. The van der Waals surface area contributed by atoms with Crippen molar-refractivity contribution in [1.29, 1.82) is 0 Å². The van der Waals surface area contributed by atoms with Gasteiger partial charge in [-0.2, -0.15) is 4.98 Å². The molecular weight excluding hydrogens is 404 g/mol. The molecule has 0 spiro atoms. The summed E-state index contributed by atoms with van der Waals surface area (Å²) in [5, 5.41) is 2.94. The molecule has 1 heterocycles. The number of hydrogen-bond acceptors (Lipinski definition) is 7. The number of hydrogen-bond donors (Lipinski definition) is 2. The van der Waals surface area contributed by atoms with Crippen LogP contribution in [0.25, 0.3) is 5.69 Å². The van der Waals surface area contributed by atoms with Crippen LogP contribution in [0.3, 0.4) is 0 Å². The quantitative estimate of drug-likeness (QED) is 0.338. The first-order chi connectivity index (χ1) is 14.5. The molecule has 1 amide bonds. The molecule has 3 N–H and O–H groups in total. The summed E-state index contributed by atoms with van der Waals surface area (Å²) in [4.78, 5) is 40.5. The van der Waals surface area contributed by atoms with Crippen LogP contribution in [0.4, 0.5) is 5.82 Å². The highest BCUT2D eigenvalue weighted by atomic mass is 32.2. The Balaban J connectivity index is 1.79. The molecule has 0 bridgehead atoms. The van der Waals surface area contributed by atoms with Crippen LogP contribution in [0.15, 0.2) is 76.7 Å².